The van der Waals surface area contributed by atoms with Gasteiger partial charge in [-0.05, 0) is 37.8 Å². The predicted octanol–water partition coefficient (Wildman–Crippen LogP) is 0.349. The van der Waals surface area contributed by atoms with Crippen LogP contribution in [0.3, 0.4) is 0 Å². The first-order valence-corrected chi connectivity index (χ1v) is 4.33. The second-order valence-corrected chi connectivity index (χ2v) is 3.71. The standard InChI is InChI=1S/C8H16N2/c1-2-8(6-9-4-1)3-5-10-7-8/h9-10H,1-7H2/t8-/m1/s1. The van der Waals surface area contributed by atoms with Crippen molar-refractivity contribution >= 4 is 0 Å². The summed E-state index contributed by atoms with van der Waals surface area (Å²) in [6, 6.07) is 0. The summed E-state index contributed by atoms with van der Waals surface area (Å²) >= 11 is 0. The smallest absolute Gasteiger partial charge is 0.00205 e. The molecule has 2 heterocycles. The van der Waals surface area contributed by atoms with Crippen molar-refractivity contribution in [1.29, 1.82) is 0 Å². The van der Waals surface area contributed by atoms with Crippen LogP contribution in [0.4, 0.5) is 0 Å². The first-order valence-electron chi connectivity index (χ1n) is 4.33. The second-order valence-electron chi connectivity index (χ2n) is 3.71. The Morgan fingerprint density at radius 3 is 2.20 bits per heavy atom. The summed E-state index contributed by atoms with van der Waals surface area (Å²) in [6.07, 6.45) is 4.20. The van der Waals surface area contributed by atoms with Crippen LogP contribution in [0, 0.1) is 5.41 Å². The molecule has 2 nitrogen and oxygen atoms in total. The molecule has 2 N–H and O–H groups in total. The van der Waals surface area contributed by atoms with Crippen LogP contribution in [0.5, 0.6) is 0 Å². The Morgan fingerprint density at radius 2 is 1.70 bits per heavy atom. The van der Waals surface area contributed by atoms with Crippen LogP contribution in [-0.4, -0.2) is 26.2 Å². The molecular weight excluding hydrogens is 124 g/mol. The summed E-state index contributed by atoms with van der Waals surface area (Å²) in [6.45, 7) is 4.98. The predicted molar refractivity (Wildman–Crippen MR) is 42.0 cm³/mol. The molecule has 0 amide bonds. The lowest BCUT2D eigenvalue weighted by Crippen LogP contribution is -2.41. The van der Waals surface area contributed by atoms with Crippen molar-refractivity contribution in [2.24, 2.45) is 5.41 Å². The van der Waals surface area contributed by atoms with Crippen molar-refractivity contribution in [3.63, 3.8) is 0 Å². The molecule has 10 heavy (non-hydrogen) atoms. The molecule has 2 fully saturated rings. The minimum atomic E-state index is 0.651. The van der Waals surface area contributed by atoms with Gasteiger partial charge in [0, 0.05) is 13.1 Å². The summed E-state index contributed by atoms with van der Waals surface area (Å²) < 4.78 is 0. The molecule has 0 bridgehead atoms. The zero-order valence-corrected chi connectivity index (χ0v) is 6.45. The van der Waals surface area contributed by atoms with Gasteiger partial charge in [0.1, 0.15) is 0 Å². The lowest BCUT2D eigenvalue weighted by molar-refractivity contribution is 0.236. The van der Waals surface area contributed by atoms with Crippen molar-refractivity contribution in [3.05, 3.63) is 0 Å². The molecule has 58 valence electrons. The highest BCUT2D eigenvalue weighted by Crippen LogP contribution is 2.31. The van der Waals surface area contributed by atoms with E-state index >= 15 is 0 Å². The van der Waals surface area contributed by atoms with E-state index < -0.39 is 0 Å². The Morgan fingerprint density at radius 1 is 0.900 bits per heavy atom. The molecule has 0 aliphatic carbocycles. The summed E-state index contributed by atoms with van der Waals surface area (Å²) in [5.41, 5.74) is 0.651. The fraction of sp³-hybridized carbons (Fsp3) is 1.00. The van der Waals surface area contributed by atoms with Gasteiger partial charge in [0.2, 0.25) is 0 Å². The molecule has 2 saturated heterocycles. The van der Waals surface area contributed by atoms with Crippen molar-refractivity contribution in [1.82, 2.24) is 10.6 Å². The van der Waals surface area contributed by atoms with Crippen LogP contribution < -0.4 is 10.6 Å². The van der Waals surface area contributed by atoms with Crippen molar-refractivity contribution in [2.45, 2.75) is 19.3 Å². The number of piperidine rings is 1. The monoisotopic (exact) mass is 140 g/mol. The number of rotatable bonds is 0. The highest BCUT2D eigenvalue weighted by Gasteiger charge is 2.34. The van der Waals surface area contributed by atoms with Crippen LogP contribution in [0.2, 0.25) is 0 Å². The number of hydrogen-bond donors (Lipinski definition) is 2. The average molecular weight is 140 g/mol. The van der Waals surface area contributed by atoms with Gasteiger partial charge in [0.25, 0.3) is 0 Å². The van der Waals surface area contributed by atoms with Gasteiger partial charge in [0.15, 0.2) is 0 Å². The summed E-state index contributed by atoms with van der Waals surface area (Å²) in [7, 11) is 0. The van der Waals surface area contributed by atoms with E-state index in [4.69, 9.17) is 0 Å². The fourth-order valence-corrected chi connectivity index (χ4v) is 2.19. The number of hydrogen-bond acceptors (Lipinski definition) is 2. The molecule has 1 spiro atoms. The van der Waals surface area contributed by atoms with Crippen LogP contribution >= 0.6 is 0 Å². The van der Waals surface area contributed by atoms with E-state index in [9.17, 15) is 0 Å². The third kappa shape index (κ3) is 1.06. The molecule has 0 unspecified atom stereocenters. The van der Waals surface area contributed by atoms with Crippen molar-refractivity contribution in [3.8, 4) is 0 Å². The Balaban J connectivity index is 1.98. The molecule has 0 aromatic heterocycles. The fourth-order valence-electron chi connectivity index (χ4n) is 2.19. The van der Waals surface area contributed by atoms with Gasteiger partial charge >= 0.3 is 0 Å². The molecule has 0 saturated carbocycles. The highest BCUT2D eigenvalue weighted by molar-refractivity contribution is 4.91. The minimum Gasteiger partial charge on any atom is -0.316 e. The molecule has 2 heteroatoms. The van der Waals surface area contributed by atoms with E-state index in [0.29, 0.717) is 5.41 Å². The zero-order chi connectivity index (χ0) is 6.86. The third-order valence-corrected chi connectivity index (χ3v) is 2.89. The van der Waals surface area contributed by atoms with Gasteiger partial charge in [-0.25, -0.2) is 0 Å². The maximum absolute atomic E-state index is 3.48. The van der Waals surface area contributed by atoms with Crippen LogP contribution in [0.1, 0.15) is 19.3 Å². The normalized spacial score (nSPS) is 40.8. The Bertz CT molecular complexity index is 108. The first-order chi connectivity index (χ1) is 4.91. The van der Waals surface area contributed by atoms with Gasteiger partial charge in [0.05, 0.1) is 0 Å². The lowest BCUT2D eigenvalue weighted by Gasteiger charge is -2.32. The second kappa shape index (κ2) is 2.51. The quantitative estimate of drug-likeness (QED) is 0.507. The molecule has 0 aromatic rings. The molecule has 0 aromatic carbocycles. The van der Waals surface area contributed by atoms with Crippen molar-refractivity contribution < 1.29 is 0 Å². The molecular formula is C8H16N2. The van der Waals surface area contributed by atoms with Gasteiger partial charge in [-0.1, -0.05) is 0 Å². The summed E-state index contributed by atoms with van der Waals surface area (Å²) in [4.78, 5) is 0. The Labute approximate surface area is 62.4 Å². The Hall–Kier alpha value is -0.0800. The zero-order valence-electron chi connectivity index (χ0n) is 6.45. The number of nitrogens with one attached hydrogen (secondary N) is 2. The van der Waals surface area contributed by atoms with Crippen LogP contribution in [-0.2, 0) is 0 Å². The van der Waals surface area contributed by atoms with E-state index in [0.717, 1.165) is 0 Å². The van der Waals surface area contributed by atoms with Crippen LogP contribution in [0.15, 0.2) is 0 Å². The first kappa shape index (κ1) is 6.62. The molecule has 2 aliphatic heterocycles. The summed E-state index contributed by atoms with van der Waals surface area (Å²) in [5, 5.41) is 6.92. The molecule has 2 rings (SSSR count). The summed E-state index contributed by atoms with van der Waals surface area (Å²) in [5.74, 6) is 0. The maximum Gasteiger partial charge on any atom is 0.00205 e. The van der Waals surface area contributed by atoms with Crippen molar-refractivity contribution in [2.75, 3.05) is 26.2 Å². The largest absolute Gasteiger partial charge is 0.316 e. The van der Waals surface area contributed by atoms with E-state index in [-0.39, 0.29) is 0 Å². The van der Waals surface area contributed by atoms with Gasteiger partial charge in [-0.2, -0.15) is 0 Å². The minimum absolute atomic E-state index is 0.651. The SMILES string of the molecule is C1CNC[C@@]2(C1)CCNC2. The Kier molecular flexibility index (Phi) is 1.66. The van der Waals surface area contributed by atoms with E-state index in [1.54, 1.807) is 0 Å². The van der Waals surface area contributed by atoms with Gasteiger partial charge in [-0.15, -0.1) is 0 Å². The molecule has 0 radical (unpaired) electrons. The van der Waals surface area contributed by atoms with Gasteiger partial charge < -0.3 is 10.6 Å². The van der Waals surface area contributed by atoms with E-state index in [1.165, 1.54) is 45.4 Å². The maximum atomic E-state index is 3.48. The lowest BCUT2D eigenvalue weighted by atomic mass is 9.80. The average Bonchev–Trinajstić information content (AvgIpc) is 2.39. The third-order valence-electron chi connectivity index (χ3n) is 2.89. The topological polar surface area (TPSA) is 24.1 Å². The highest BCUT2D eigenvalue weighted by atomic mass is 15.0. The molecule has 1 atom stereocenters. The van der Waals surface area contributed by atoms with Gasteiger partial charge in [-0.3, -0.25) is 0 Å². The van der Waals surface area contributed by atoms with E-state index in [2.05, 4.69) is 10.6 Å². The van der Waals surface area contributed by atoms with Crippen LogP contribution in [0.25, 0.3) is 0 Å². The van der Waals surface area contributed by atoms with E-state index in [1.807, 2.05) is 0 Å². The molecule has 2 aliphatic rings.